The molecule has 0 spiro atoms. The molecule has 0 saturated heterocycles. The number of aromatic nitrogens is 4. The highest BCUT2D eigenvalue weighted by Crippen LogP contribution is 2.26. The minimum atomic E-state index is -4.47. The first kappa shape index (κ1) is 13.8. The van der Waals surface area contributed by atoms with Crippen LogP contribution in [0.5, 0.6) is 5.75 Å². The lowest BCUT2D eigenvalue weighted by Gasteiger charge is -2.12. The van der Waals surface area contributed by atoms with Crippen LogP contribution < -0.4 is 10.1 Å². The van der Waals surface area contributed by atoms with E-state index in [0.717, 1.165) is 0 Å². The molecule has 0 aliphatic heterocycles. The van der Waals surface area contributed by atoms with Crippen LogP contribution in [0.4, 0.5) is 18.9 Å². The van der Waals surface area contributed by atoms with E-state index < -0.39 is 18.7 Å². The van der Waals surface area contributed by atoms with Crippen LogP contribution in [0.3, 0.4) is 0 Å². The maximum absolute atomic E-state index is 12.1. The summed E-state index contributed by atoms with van der Waals surface area (Å²) in [7, 11) is 0. The third-order valence-electron chi connectivity index (χ3n) is 2.08. The van der Waals surface area contributed by atoms with E-state index >= 15 is 0 Å². The number of hydrogen-bond donors (Lipinski definition) is 2. The molecule has 0 unspecified atom stereocenters. The lowest BCUT2D eigenvalue weighted by molar-refractivity contribution is -0.153. The minimum absolute atomic E-state index is 0.0755. The fraction of sp³-hybridized carbons (Fsp3) is 0.200. The van der Waals surface area contributed by atoms with E-state index in [4.69, 9.17) is 0 Å². The maximum atomic E-state index is 12.1. The number of ether oxygens (including phenoxy) is 1. The highest BCUT2D eigenvalue weighted by Gasteiger charge is 2.29. The van der Waals surface area contributed by atoms with Gasteiger partial charge in [-0.05, 0) is 17.3 Å². The summed E-state index contributed by atoms with van der Waals surface area (Å²) in [6, 6.07) is 5.71. The Bertz CT molecular complexity index is 585. The third-order valence-corrected chi connectivity index (χ3v) is 2.08. The quantitative estimate of drug-likeness (QED) is 0.886. The summed E-state index contributed by atoms with van der Waals surface area (Å²) in [5.74, 6) is -1.07. The van der Waals surface area contributed by atoms with Gasteiger partial charge >= 0.3 is 6.18 Å². The zero-order valence-corrected chi connectivity index (χ0v) is 9.81. The monoisotopic (exact) mass is 287 g/mol. The van der Waals surface area contributed by atoms with Gasteiger partial charge in [-0.15, -0.1) is 10.2 Å². The number of halogens is 3. The lowest BCUT2D eigenvalue weighted by atomic mass is 10.3. The zero-order chi connectivity index (χ0) is 14.6. The molecule has 106 valence electrons. The maximum Gasteiger partial charge on any atom is 0.422 e. The van der Waals surface area contributed by atoms with Crippen molar-refractivity contribution >= 4 is 11.6 Å². The van der Waals surface area contributed by atoms with Gasteiger partial charge in [0.05, 0.1) is 5.69 Å². The van der Waals surface area contributed by atoms with Gasteiger partial charge in [0.2, 0.25) is 0 Å². The summed E-state index contributed by atoms with van der Waals surface area (Å²) in [5, 5.41) is 14.5. The molecule has 0 aliphatic carbocycles. The van der Waals surface area contributed by atoms with E-state index in [1.165, 1.54) is 24.3 Å². The molecule has 10 heteroatoms. The second-order valence-electron chi connectivity index (χ2n) is 3.59. The number of aromatic amines is 1. The first-order chi connectivity index (χ1) is 9.46. The predicted octanol–water partition coefficient (Wildman–Crippen LogP) is 1.39. The standard InChI is InChI=1S/C10H8F3N5O2/c11-10(12,13)5-20-7-4-2-1-3-6(7)14-9(19)8-15-17-18-16-8/h1-4H,5H2,(H,14,19)(H,15,16,17,18). The molecule has 0 radical (unpaired) electrons. The molecule has 0 fully saturated rings. The van der Waals surface area contributed by atoms with Crippen molar-refractivity contribution in [2.75, 3.05) is 11.9 Å². The van der Waals surface area contributed by atoms with E-state index in [9.17, 15) is 18.0 Å². The number of rotatable bonds is 4. The predicted molar refractivity (Wildman–Crippen MR) is 60.1 cm³/mol. The molecule has 0 atom stereocenters. The second kappa shape index (κ2) is 5.55. The Labute approximate surface area is 110 Å². The number of para-hydroxylation sites is 2. The molecule has 0 saturated carbocycles. The number of anilines is 1. The van der Waals surface area contributed by atoms with Gasteiger partial charge in [-0.25, -0.2) is 0 Å². The molecule has 1 aromatic heterocycles. The molecular formula is C10H8F3N5O2. The van der Waals surface area contributed by atoms with Crippen LogP contribution in [0.2, 0.25) is 0 Å². The van der Waals surface area contributed by atoms with Crippen molar-refractivity contribution in [2.24, 2.45) is 0 Å². The summed E-state index contributed by atoms with van der Waals surface area (Å²) in [6.45, 7) is -1.46. The van der Waals surface area contributed by atoms with E-state index in [-0.39, 0.29) is 17.3 Å². The number of tetrazole rings is 1. The highest BCUT2D eigenvalue weighted by molar-refractivity contribution is 6.02. The molecule has 1 heterocycles. The number of benzene rings is 1. The fourth-order valence-corrected chi connectivity index (χ4v) is 1.29. The first-order valence-corrected chi connectivity index (χ1v) is 5.29. The van der Waals surface area contributed by atoms with Gasteiger partial charge in [0.1, 0.15) is 5.75 Å². The summed E-state index contributed by atoms with van der Waals surface area (Å²) in [5.41, 5.74) is 0.0755. The van der Waals surface area contributed by atoms with Crippen molar-refractivity contribution in [3.8, 4) is 5.75 Å². The van der Waals surface area contributed by atoms with Crippen molar-refractivity contribution in [3.05, 3.63) is 30.1 Å². The van der Waals surface area contributed by atoms with Gasteiger partial charge in [0, 0.05) is 0 Å². The summed E-state index contributed by atoms with van der Waals surface area (Å²) < 4.78 is 41.0. The summed E-state index contributed by atoms with van der Waals surface area (Å²) in [4.78, 5) is 11.7. The molecule has 0 aliphatic rings. The normalized spacial score (nSPS) is 11.2. The topological polar surface area (TPSA) is 92.8 Å². The highest BCUT2D eigenvalue weighted by atomic mass is 19.4. The average molecular weight is 287 g/mol. The Morgan fingerprint density at radius 1 is 1.35 bits per heavy atom. The molecule has 0 bridgehead atoms. The SMILES string of the molecule is O=C(Nc1ccccc1OCC(F)(F)F)c1nn[nH]n1. The average Bonchev–Trinajstić information content (AvgIpc) is 2.90. The number of carbonyl (C=O) groups excluding carboxylic acids is 1. The van der Waals surface area contributed by atoms with Crippen LogP contribution in [0.15, 0.2) is 24.3 Å². The van der Waals surface area contributed by atoms with E-state index in [1.807, 2.05) is 0 Å². The van der Waals surface area contributed by atoms with E-state index in [1.54, 1.807) is 0 Å². The summed E-state index contributed by atoms with van der Waals surface area (Å²) in [6.07, 6.45) is -4.47. The van der Waals surface area contributed by atoms with Crippen molar-refractivity contribution < 1.29 is 22.7 Å². The molecule has 7 nitrogen and oxygen atoms in total. The van der Waals surface area contributed by atoms with E-state index in [0.29, 0.717) is 0 Å². The second-order valence-corrected chi connectivity index (χ2v) is 3.59. The Morgan fingerprint density at radius 3 is 2.75 bits per heavy atom. The number of nitrogens with one attached hydrogen (secondary N) is 2. The molecule has 20 heavy (non-hydrogen) atoms. The van der Waals surface area contributed by atoms with Gasteiger partial charge in [0.25, 0.3) is 11.7 Å². The third kappa shape index (κ3) is 3.67. The van der Waals surface area contributed by atoms with Crippen molar-refractivity contribution in [1.82, 2.24) is 20.6 Å². The Hall–Kier alpha value is -2.65. The van der Waals surface area contributed by atoms with Crippen LogP contribution in [-0.4, -0.2) is 39.3 Å². The van der Waals surface area contributed by atoms with Gasteiger partial charge < -0.3 is 10.1 Å². The molecular weight excluding hydrogens is 279 g/mol. The molecule has 2 aromatic rings. The Morgan fingerprint density at radius 2 is 2.10 bits per heavy atom. The van der Waals surface area contributed by atoms with Crippen LogP contribution in [0.25, 0.3) is 0 Å². The van der Waals surface area contributed by atoms with Crippen LogP contribution in [0.1, 0.15) is 10.6 Å². The minimum Gasteiger partial charge on any atom is -0.482 e. The number of amides is 1. The Balaban J connectivity index is 2.10. The van der Waals surface area contributed by atoms with Gasteiger partial charge in [0.15, 0.2) is 6.61 Å². The smallest absolute Gasteiger partial charge is 0.422 e. The number of H-pyrrole nitrogens is 1. The van der Waals surface area contributed by atoms with Gasteiger partial charge in [-0.2, -0.15) is 18.4 Å². The van der Waals surface area contributed by atoms with Gasteiger partial charge in [-0.3, -0.25) is 4.79 Å². The molecule has 2 rings (SSSR count). The van der Waals surface area contributed by atoms with Crippen molar-refractivity contribution in [2.45, 2.75) is 6.18 Å². The van der Waals surface area contributed by atoms with Crippen LogP contribution in [0, 0.1) is 0 Å². The largest absolute Gasteiger partial charge is 0.482 e. The molecule has 2 N–H and O–H groups in total. The van der Waals surface area contributed by atoms with Gasteiger partial charge in [-0.1, -0.05) is 12.1 Å². The van der Waals surface area contributed by atoms with Crippen molar-refractivity contribution in [1.29, 1.82) is 0 Å². The number of nitrogens with zero attached hydrogens (tertiary/aromatic N) is 3. The van der Waals surface area contributed by atoms with Crippen LogP contribution in [-0.2, 0) is 0 Å². The first-order valence-electron chi connectivity index (χ1n) is 5.29. The van der Waals surface area contributed by atoms with Crippen LogP contribution >= 0.6 is 0 Å². The number of alkyl halides is 3. The van der Waals surface area contributed by atoms with E-state index in [2.05, 4.69) is 30.7 Å². The molecule has 1 amide bonds. The Kier molecular flexibility index (Phi) is 3.82. The lowest BCUT2D eigenvalue weighted by Crippen LogP contribution is -2.20. The number of carbonyl (C=O) groups is 1. The fourth-order valence-electron chi connectivity index (χ4n) is 1.29. The zero-order valence-electron chi connectivity index (χ0n) is 9.81. The summed E-state index contributed by atoms with van der Waals surface area (Å²) >= 11 is 0. The van der Waals surface area contributed by atoms with Crippen molar-refractivity contribution in [3.63, 3.8) is 0 Å². The number of hydrogen-bond acceptors (Lipinski definition) is 5. The molecule has 1 aromatic carbocycles.